The molecular formula is C11H11N3O3S. The average molecular weight is 265 g/mol. The highest BCUT2D eigenvalue weighted by molar-refractivity contribution is 7.07. The normalized spacial score (nSPS) is 12.1. The fraction of sp³-hybridized carbons (Fsp3) is 0.182. The first-order chi connectivity index (χ1) is 8.66. The van der Waals surface area contributed by atoms with Crippen LogP contribution in [0.5, 0.6) is 0 Å². The summed E-state index contributed by atoms with van der Waals surface area (Å²) in [6, 6.07) is 1.79. The van der Waals surface area contributed by atoms with E-state index in [2.05, 4.69) is 15.3 Å². The molecule has 0 aliphatic carbocycles. The molecule has 0 aromatic carbocycles. The van der Waals surface area contributed by atoms with Crippen molar-refractivity contribution in [1.29, 1.82) is 0 Å². The first kappa shape index (κ1) is 12.5. The van der Waals surface area contributed by atoms with Crippen molar-refractivity contribution < 1.29 is 9.90 Å². The van der Waals surface area contributed by atoms with Gasteiger partial charge in [-0.1, -0.05) is 0 Å². The van der Waals surface area contributed by atoms with Crippen molar-refractivity contribution in [1.82, 2.24) is 15.3 Å². The lowest BCUT2D eigenvalue weighted by Gasteiger charge is -2.09. The van der Waals surface area contributed by atoms with Gasteiger partial charge in [0.1, 0.15) is 5.69 Å². The average Bonchev–Trinajstić information content (AvgIpc) is 2.90. The number of aromatic nitrogens is 2. The summed E-state index contributed by atoms with van der Waals surface area (Å²) in [4.78, 5) is 28.4. The monoisotopic (exact) mass is 265 g/mol. The van der Waals surface area contributed by atoms with E-state index in [4.69, 9.17) is 0 Å². The molecule has 94 valence electrons. The number of aromatic amines is 1. The molecule has 18 heavy (non-hydrogen) atoms. The zero-order valence-electron chi connectivity index (χ0n) is 9.29. The predicted octanol–water partition coefficient (Wildman–Crippen LogP) is 0.295. The van der Waals surface area contributed by atoms with E-state index in [0.29, 0.717) is 0 Å². The molecule has 0 aliphatic rings. The third-order valence-corrected chi connectivity index (χ3v) is 2.99. The summed E-state index contributed by atoms with van der Waals surface area (Å²) in [5.74, 6) is -0.444. The summed E-state index contributed by atoms with van der Waals surface area (Å²) in [5.41, 5.74) is 0.492. The first-order valence-electron chi connectivity index (χ1n) is 5.20. The lowest BCUT2D eigenvalue weighted by molar-refractivity contribution is 0.0911. The van der Waals surface area contributed by atoms with Gasteiger partial charge in [-0.3, -0.25) is 9.59 Å². The van der Waals surface area contributed by atoms with Gasteiger partial charge >= 0.3 is 0 Å². The highest BCUT2D eigenvalue weighted by Crippen LogP contribution is 2.15. The van der Waals surface area contributed by atoms with Gasteiger partial charge in [0.15, 0.2) is 0 Å². The minimum Gasteiger partial charge on any atom is -0.387 e. The smallest absolute Gasteiger partial charge is 0.271 e. The van der Waals surface area contributed by atoms with Crippen molar-refractivity contribution in [2.75, 3.05) is 6.54 Å². The van der Waals surface area contributed by atoms with E-state index >= 15 is 0 Å². The van der Waals surface area contributed by atoms with Crippen LogP contribution in [0.25, 0.3) is 0 Å². The van der Waals surface area contributed by atoms with E-state index in [1.54, 1.807) is 6.07 Å². The number of thiophene rings is 1. The molecule has 3 N–H and O–H groups in total. The summed E-state index contributed by atoms with van der Waals surface area (Å²) in [6.45, 7) is 0.0936. The van der Waals surface area contributed by atoms with Gasteiger partial charge in [0.2, 0.25) is 0 Å². The molecule has 1 atom stereocenters. The molecule has 0 aliphatic heterocycles. The van der Waals surface area contributed by atoms with Crippen molar-refractivity contribution in [2.24, 2.45) is 0 Å². The molecule has 0 saturated carbocycles. The maximum absolute atomic E-state index is 11.6. The van der Waals surface area contributed by atoms with E-state index < -0.39 is 12.0 Å². The van der Waals surface area contributed by atoms with Crippen molar-refractivity contribution in [2.45, 2.75) is 6.10 Å². The quantitative estimate of drug-likeness (QED) is 0.740. The molecule has 0 spiro atoms. The number of nitrogens with one attached hydrogen (secondary N) is 2. The predicted molar refractivity (Wildman–Crippen MR) is 66.5 cm³/mol. The Morgan fingerprint density at radius 2 is 2.44 bits per heavy atom. The van der Waals surface area contributed by atoms with Gasteiger partial charge in [0.25, 0.3) is 11.5 Å². The fourth-order valence-electron chi connectivity index (χ4n) is 1.33. The molecule has 1 unspecified atom stereocenters. The Labute approximate surface area is 106 Å². The van der Waals surface area contributed by atoms with Crippen LogP contribution in [-0.4, -0.2) is 27.5 Å². The van der Waals surface area contributed by atoms with Crippen molar-refractivity contribution in [3.63, 3.8) is 0 Å². The summed E-state index contributed by atoms with van der Waals surface area (Å²) >= 11 is 1.48. The third-order valence-electron chi connectivity index (χ3n) is 2.29. The molecular weight excluding hydrogens is 254 g/mol. The van der Waals surface area contributed by atoms with Crippen molar-refractivity contribution in [3.05, 3.63) is 50.8 Å². The molecule has 0 radical (unpaired) electrons. The van der Waals surface area contributed by atoms with Crippen molar-refractivity contribution >= 4 is 17.2 Å². The molecule has 0 saturated heterocycles. The van der Waals surface area contributed by atoms with Gasteiger partial charge in [-0.05, 0) is 22.4 Å². The van der Waals surface area contributed by atoms with Crippen LogP contribution in [-0.2, 0) is 0 Å². The van der Waals surface area contributed by atoms with Crippen LogP contribution in [0.3, 0.4) is 0 Å². The van der Waals surface area contributed by atoms with Crippen LogP contribution in [0.2, 0.25) is 0 Å². The molecule has 1 amide bonds. The van der Waals surface area contributed by atoms with E-state index in [1.165, 1.54) is 17.5 Å². The van der Waals surface area contributed by atoms with Crippen LogP contribution in [0.4, 0.5) is 0 Å². The first-order valence-corrected chi connectivity index (χ1v) is 6.14. The van der Waals surface area contributed by atoms with Crippen LogP contribution in [0, 0.1) is 0 Å². The Hall–Kier alpha value is -1.99. The zero-order chi connectivity index (χ0) is 13.0. The molecule has 0 bridgehead atoms. The van der Waals surface area contributed by atoms with Crippen LogP contribution in [0.1, 0.15) is 22.2 Å². The largest absolute Gasteiger partial charge is 0.387 e. The maximum atomic E-state index is 11.6. The molecule has 2 aromatic rings. The zero-order valence-corrected chi connectivity index (χ0v) is 10.1. The highest BCUT2D eigenvalue weighted by Gasteiger charge is 2.11. The van der Waals surface area contributed by atoms with Gasteiger partial charge in [-0.25, -0.2) is 4.98 Å². The molecule has 6 nitrogen and oxygen atoms in total. The van der Waals surface area contributed by atoms with Crippen molar-refractivity contribution in [3.8, 4) is 0 Å². The number of H-pyrrole nitrogens is 1. The second-order valence-electron chi connectivity index (χ2n) is 3.58. The van der Waals surface area contributed by atoms with E-state index in [-0.39, 0.29) is 17.8 Å². The number of aliphatic hydroxyl groups is 1. The summed E-state index contributed by atoms with van der Waals surface area (Å²) in [7, 11) is 0. The molecule has 0 fully saturated rings. The standard InChI is InChI=1S/C11H11N3O3S/c15-9(7-1-2-18-6-7)4-14-11(17)8-3-13-10(16)5-12-8/h1-3,5-6,9,15H,4H2,(H,13,16)(H,14,17). The lowest BCUT2D eigenvalue weighted by Crippen LogP contribution is -2.29. The summed E-state index contributed by atoms with van der Waals surface area (Å²) in [5, 5.41) is 16.0. The topological polar surface area (TPSA) is 95.1 Å². The van der Waals surface area contributed by atoms with Crippen LogP contribution >= 0.6 is 11.3 Å². The highest BCUT2D eigenvalue weighted by atomic mass is 32.1. The van der Waals surface area contributed by atoms with E-state index in [1.807, 2.05) is 10.8 Å². The SMILES string of the molecule is O=C(NCC(O)c1ccsc1)c1c[nH]c(=O)cn1. The third kappa shape index (κ3) is 3.02. The second kappa shape index (κ2) is 5.56. The van der Waals surface area contributed by atoms with Crippen LogP contribution in [0.15, 0.2) is 34.0 Å². The number of carbonyl (C=O) groups excluding carboxylic acids is 1. The Kier molecular flexibility index (Phi) is 3.85. The summed E-state index contributed by atoms with van der Waals surface area (Å²) < 4.78 is 0. The second-order valence-corrected chi connectivity index (χ2v) is 4.36. The Morgan fingerprint density at radius 1 is 1.61 bits per heavy atom. The molecule has 7 heteroatoms. The molecule has 2 aromatic heterocycles. The van der Waals surface area contributed by atoms with Gasteiger partial charge in [-0.2, -0.15) is 11.3 Å². The minimum atomic E-state index is -0.747. The minimum absolute atomic E-state index is 0.0936. The van der Waals surface area contributed by atoms with Crippen LogP contribution < -0.4 is 10.9 Å². The number of hydrogen-bond acceptors (Lipinski definition) is 5. The number of aliphatic hydroxyl groups excluding tert-OH is 1. The van der Waals surface area contributed by atoms with Gasteiger partial charge in [-0.15, -0.1) is 0 Å². The number of hydrogen-bond donors (Lipinski definition) is 3. The maximum Gasteiger partial charge on any atom is 0.271 e. The number of carbonyl (C=O) groups is 1. The molecule has 2 heterocycles. The fourth-order valence-corrected chi connectivity index (χ4v) is 2.04. The molecule has 2 rings (SSSR count). The van der Waals surface area contributed by atoms with Gasteiger partial charge < -0.3 is 15.4 Å². The number of rotatable bonds is 4. The van der Waals surface area contributed by atoms with Gasteiger partial charge in [0.05, 0.1) is 12.3 Å². The van der Waals surface area contributed by atoms with Gasteiger partial charge in [0, 0.05) is 12.7 Å². The Morgan fingerprint density at radius 3 is 3.06 bits per heavy atom. The van der Waals surface area contributed by atoms with E-state index in [0.717, 1.165) is 11.8 Å². The Bertz CT molecular complexity index is 559. The number of amides is 1. The lowest BCUT2D eigenvalue weighted by atomic mass is 10.2. The Balaban J connectivity index is 1.92. The number of nitrogens with zero attached hydrogens (tertiary/aromatic N) is 1. The van der Waals surface area contributed by atoms with E-state index in [9.17, 15) is 14.7 Å². The summed E-state index contributed by atoms with van der Waals surface area (Å²) in [6.07, 6.45) is 1.52.